The molecule has 1 heterocycles. The Balaban J connectivity index is 1.91. The van der Waals surface area contributed by atoms with Crippen molar-refractivity contribution in [3.63, 3.8) is 0 Å². The average molecular weight is 354 g/mol. The number of benzene rings is 2. The van der Waals surface area contributed by atoms with Crippen molar-refractivity contribution >= 4 is 17.5 Å². The van der Waals surface area contributed by atoms with Crippen molar-refractivity contribution in [3.05, 3.63) is 53.1 Å². The normalized spacial score (nSPS) is 13.1. The molecule has 0 aromatic heterocycles. The summed E-state index contributed by atoms with van der Waals surface area (Å²) in [4.78, 5) is 26.4. The second-order valence-corrected chi connectivity index (χ2v) is 6.17. The minimum atomic E-state index is -0.467. The number of hydrogen-bond donors (Lipinski definition) is 1. The van der Waals surface area contributed by atoms with Crippen molar-refractivity contribution in [1.29, 1.82) is 0 Å². The van der Waals surface area contributed by atoms with Crippen LogP contribution in [0.15, 0.2) is 36.4 Å². The number of hydrogen-bond acceptors (Lipinski definition) is 4. The Hall–Kier alpha value is -3.02. The third-order valence-electron chi connectivity index (χ3n) is 4.65. The average Bonchev–Trinajstić information content (AvgIpc) is 2.66. The molecule has 0 saturated carbocycles. The lowest BCUT2D eigenvalue weighted by Gasteiger charge is -2.30. The van der Waals surface area contributed by atoms with Crippen LogP contribution in [0.3, 0.4) is 0 Å². The van der Waals surface area contributed by atoms with E-state index in [0.717, 1.165) is 29.7 Å². The monoisotopic (exact) mass is 354 g/mol. The number of methoxy groups -OCH3 is 2. The van der Waals surface area contributed by atoms with Crippen LogP contribution < -0.4 is 20.1 Å². The second-order valence-electron chi connectivity index (χ2n) is 6.17. The number of carbonyl (C=O) groups is 2. The van der Waals surface area contributed by atoms with Gasteiger partial charge in [-0.05, 0) is 48.7 Å². The molecule has 0 saturated heterocycles. The Kier molecular flexibility index (Phi) is 5.11. The van der Waals surface area contributed by atoms with E-state index in [-0.39, 0.29) is 12.3 Å². The van der Waals surface area contributed by atoms with Gasteiger partial charge in [-0.1, -0.05) is 6.07 Å². The lowest BCUT2D eigenvalue weighted by Crippen LogP contribution is -2.37. The first-order chi connectivity index (χ1) is 12.5. The van der Waals surface area contributed by atoms with E-state index in [0.29, 0.717) is 23.6 Å². The fourth-order valence-electron chi connectivity index (χ4n) is 3.39. The molecule has 1 aliphatic heterocycles. The molecular weight excluding hydrogens is 332 g/mol. The minimum absolute atomic E-state index is 0.0564. The molecule has 2 N–H and O–H groups in total. The molecule has 0 fully saturated rings. The number of ether oxygens (including phenoxy) is 2. The van der Waals surface area contributed by atoms with Gasteiger partial charge in [0.25, 0.3) is 0 Å². The lowest BCUT2D eigenvalue weighted by molar-refractivity contribution is -0.118. The quantitative estimate of drug-likeness (QED) is 0.893. The zero-order valence-corrected chi connectivity index (χ0v) is 15.0. The molecular formula is C20H22N2O4. The van der Waals surface area contributed by atoms with Crippen LogP contribution in [0, 0.1) is 0 Å². The van der Waals surface area contributed by atoms with Crippen molar-refractivity contribution in [1.82, 2.24) is 0 Å². The molecule has 0 bridgehead atoms. The van der Waals surface area contributed by atoms with E-state index in [1.807, 2.05) is 6.07 Å². The molecule has 1 aliphatic rings. The van der Waals surface area contributed by atoms with Gasteiger partial charge in [-0.2, -0.15) is 0 Å². The van der Waals surface area contributed by atoms with Crippen molar-refractivity contribution in [2.24, 2.45) is 5.73 Å². The number of anilines is 1. The van der Waals surface area contributed by atoms with Gasteiger partial charge in [-0.25, -0.2) is 0 Å². The zero-order chi connectivity index (χ0) is 18.7. The Morgan fingerprint density at radius 3 is 2.65 bits per heavy atom. The number of rotatable bonds is 5. The standard InChI is InChI=1S/C20H22N2O4/c1-25-14-8-9-18(26-2)13(11-14)12-19(23)22-10-4-6-15-16(20(21)24)5-3-7-17(15)22/h3,5,7-9,11H,4,6,10,12H2,1-2H3,(H2,21,24). The summed E-state index contributed by atoms with van der Waals surface area (Å²) in [5, 5.41) is 0. The van der Waals surface area contributed by atoms with Gasteiger partial charge in [0, 0.05) is 23.4 Å². The molecule has 0 atom stereocenters. The van der Waals surface area contributed by atoms with Crippen LogP contribution in [0.2, 0.25) is 0 Å². The number of primary amides is 1. The summed E-state index contributed by atoms with van der Waals surface area (Å²) in [7, 11) is 3.16. The molecule has 6 nitrogen and oxygen atoms in total. The van der Waals surface area contributed by atoms with Crippen molar-refractivity contribution in [2.75, 3.05) is 25.7 Å². The summed E-state index contributed by atoms with van der Waals surface area (Å²) >= 11 is 0. The number of amides is 2. The largest absolute Gasteiger partial charge is 0.497 e. The molecule has 26 heavy (non-hydrogen) atoms. The lowest BCUT2D eigenvalue weighted by atomic mass is 9.95. The van der Waals surface area contributed by atoms with Crippen LogP contribution in [-0.2, 0) is 17.6 Å². The van der Waals surface area contributed by atoms with E-state index in [9.17, 15) is 9.59 Å². The topological polar surface area (TPSA) is 81.9 Å². The van der Waals surface area contributed by atoms with Crippen LogP contribution in [0.4, 0.5) is 5.69 Å². The van der Waals surface area contributed by atoms with Gasteiger partial charge in [-0.3, -0.25) is 9.59 Å². The summed E-state index contributed by atoms with van der Waals surface area (Å²) in [6, 6.07) is 10.7. The summed E-state index contributed by atoms with van der Waals surface area (Å²) in [5.74, 6) is 0.788. The fourth-order valence-corrected chi connectivity index (χ4v) is 3.39. The van der Waals surface area contributed by atoms with Gasteiger partial charge in [-0.15, -0.1) is 0 Å². The Labute approximate surface area is 152 Å². The highest BCUT2D eigenvalue weighted by Gasteiger charge is 2.26. The van der Waals surface area contributed by atoms with Crippen LogP contribution in [0.1, 0.15) is 27.9 Å². The van der Waals surface area contributed by atoms with Crippen LogP contribution in [-0.4, -0.2) is 32.6 Å². The van der Waals surface area contributed by atoms with E-state index in [1.165, 1.54) is 0 Å². The Bertz CT molecular complexity index is 848. The maximum absolute atomic E-state index is 13.0. The summed E-state index contributed by atoms with van der Waals surface area (Å²) in [6.07, 6.45) is 1.71. The number of carbonyl (C=O) groups excluding carboxylic acids is 2. The molecule has 0 radical (unpaired) electrons. The number of nitrogens with two attached hydrogens (primary N) is 1. The van der Waals surface area contributed by atoms with E-state index < -0.39 is 5.91 Å². The first-order valence-electron chi connectivity index (χ1n) is 8.48. The van der Waals surface area contributed by atoms with Crippen LogP contribution in [0.25, 0.3) is 0 Å². The van der Waals surface area contributed by atoms with Gasteiger partial charge in [0.2, 0.25) is 11.8 Å². The predicted molar refractivity (Wildman–Crippen MR) is 98.9 cm³/mol. The van der Waals surface area contributed by atoms with Crippen LogP contribution in [0.5, 0.6) is 11.5 Å². The van der Waals surface area contributed by atoms with E-state index in [2.05, 4.69) is 0 Å². The SMILES string of the molecule is COc1ccc(OC)c(CC(=O)N2CCCc3c(C(N)=O)cccc32)c1. The molecule has 3 rings (SSSR count). The van der Waals surface area contributed by atoms with E-state index in [1.54, 1.807) is 49.5 Å². The summed E-state index contributed by atoms with van der Waals surface area (Å²) in [6.45, 7) is 0.611. The Morgan fingerprint density at radius 2 is 1.96 bits per heavy atom. The van der Waals surface area contributed by atoms with Gasteiger partial charge in [0.05, 0.1) is 20.6 Å². The molecule has 0 unspecified atom stereocenters. The number of nitrogens with zero attached hydrogens (tertiary/aromatic N) is 1. The first kappa shape index (κ1) is 17.8. The molecule has 6 heteroatoms. The molecule has 2 aromatic carbocycles. The summed E-state index contributed by atoms with van der Waals surface area (Å²) < 4.78 is 10.6. The van der Waals surface area contributed by atoms with Gasteiger partial charge in [0.15, 0.2) is 0 Å². The highest BCUT2D eigenvalue weighted by molar-refractivity contribution is 6.00. The second kappa shape index (κ2) is 7.47. The zero-order valence-electron chi connectivity index (χ0n) is 15.0. The van der Waals surface area contributed by atoms with Crippen molar-refractivity contribution in [2.45, 2.75) is 19.3 Å². The smallest absolute Gasteiger partial charge is 0.249 e. The van der Waals surface area contributed by atoms with E-state index in [4.69, 9.17) is 15.2 Å². The number of fused-ring (bicyclic) bond motifs is 1. The van der Waals surface area contributed by atoms with E-state index >= 15 is 0 Å². The van der Waals surface area contributed by atoms with Crippen molar-refractivity contribution in [3.8, 4) is 11.5 Å². The minimum Gasteiger partial charge on any atom is -0.497 e. The fraction of sp³-hybridized carbons (Fsp3) is 0.300. The van der Waals surface area contributed by atoms with Crippen LogP contribution >= 0.6 is 0 Å². The molecule has 0 aliphatic carbocycles. The van der Waals surface area contributed by atoms with Gasteiger partial charge < -0.3 is 20.1 Å². The predicted octanol–water partition coefficient (Wildman–Crippen LogP) is 2.32. The summed E-state index contributed by atoms with van der Waals surface area (Å²) in [5.41, 5.74) is 8.33. The third-order valence-corrected chi connectivity index (χ3v) is 4.65. The highest BCUT2D eigenvalue weighted by atomic mass is 16.5. The van der Waals surface area contributed by atoms with Gasteiger partial charge in [0.1, 0.15) is 11.5 Å². The Morgan fingerprint density at radius 1 is 1.15 bits per heavy atom. The van der Waals surface area contributed by atoms with Gasteiger partial charge >= 0.3 is 0 Å². The maximum atomic E-state index is 13.0. The van der Waals surface area contributed by atoms with Crippen molar-refractivity contribution < 1.29 is 19.1 Å². The first-order valence-corrected chi connectivity index (χ1v) is 8.48. The molecule has 2 amide bonds. The molecule has 0 spiro atoms. The maximum Gasteiger partial charge on any atom is 0.249 e. The third kappa shape index (κ3) is 3.35. The molecule has 2 aromatic rings. The highest BCUT2D eigenvalue weighted by Crippen LogP contribution is 2.31. The molecule has 136 valence electrons.